The van der Waals surface area contributed by atoms with E-state index in [9.17, 15) is 8.42 Å². The van der Waals surface area contributed by atoms with Gasteiger partial charge >= 0.3 is 0 Å². The van der Waals surface area contributed by atoms with Crippen molar-refractivity contribution < 1.29 is 8.42 Å². The maximum absolute atomic E-state index is 12.4. The fraction of sp³-hybridized carbons (Fsp3) is 0.562. The van der Waals surface area contributed by atoms with E-state index in [0.717, 1.165) is 37.1 Å². The van der Waals surface area contributed by atoms with Gasteiger partial charge in [0.15, 0.2) is 5.96 Å². The standard InChI is InChI=1S/C16H26N4O2S.HI/c1-13-6-7-14(2)15(12-13)23(21,22)19-9-8-18-16(17)20-10-4-3-5-11-20;/h6-7,12,19H,3-5,8-11H2,1-2H3,(H2,17,18);1H. The molecular weight excluding hydrogens is 439 g/mol. The van der Waals surface area contributed by atoms with E-state index < -0.39 is 10.0 Å². The van der Waals surface area contributed by atoms with Gasteiger partial charge in [0.05, 0.1) is 11.4 Å². The molecule has 3 N–H and O–H groups in total. The molecule has 0 aromatic heterocycles. The van der Waals surface area contributed by atoms with Gasteiger partial charge in [0.2, 0.25) is 10.0 Å². The topological polar surface area (TPSA) is 87.8 Å². The van der Waals surface area contributed by atoms with Crippen molar-refractivity contribution in [3.05, 3.63) is 29.3 Å². The summed E-state index contributed by atoms with van der Waals surface area (Å²) < 4.78 is 27.3. The smallest absolute Gasteiger partial charge is 0.240 e. The number of guanidine groups is 1. The molecule has 0 amide bonds. The molecule has 1 aliphatic rings. The number of hydrogen-bond acceptors (Lipinski definition) is 3. The molecule has 6 nitrogen and oxygen atoms in total. The van der Waals surface area contributed by atoms with E-state index >= 15 is 0 Å². The molecule has 8 heteroatoms. The second kappa shape index (κ2) is 9.57. The highest BCUT2D eigenvalue weighted by molar-refractivity contribution is 14.0. The lowest BCUT2D eigenvalue weighted by molar-refractivity contribution is 0.338. The Morgan fingerprint density at radius 1 is 1.25 bits per heavy atom. The Labute approximate surface area is 162 Å². The number of hydrogen-bond donors (Lipinski definition) is 2. The molecule has 1 fully saturated rings. The molecule has 1 aliphatic heterocycles. The molecule has 1 aromatic rings. The molecule has 136 valence electrons. The van der Waals surface area contributed by atoms with Crippen LogP contribution in [0.4, 0.5) is 0 Å². The summed E-state index contributed by atoms with van der Waals surface area (Å²) in [5, 5.41) is 0. The first-order chi connectivity index (χ1) is 10.9. The van der Waals surface area contributed by atoms with Gasteiger partial charge < -0.3 is 10.6 Å². The van der Waals surface area contributed by atoms with Crippen molar-refractivity contribution in [1.29, 1.82) is 0 Å². The Morgan fingerprint density at radius 2 is 1.92 bits per heavy atom. The molecule has 1 heterocycles. The van der Waals surface area contributed by atoms with Gasteiger partial charge in [0.1, 0.15) is 0 Å². The Kier molecular flexibility index (Phi) is 8.44. The van der Waals surface area contributed by atoms with Gasteiger partial charge in [-0.15, -0.1) is 24.0 Å². The van der Waals surface area contributed by atoms with Crippen molar-refractivity contribution in [2.45, 2.75) is 38.0 Å². The quantitative estimate of drug-likeness (QED) is 0.301. The van der Waals surface area contributed by atoms with Crippen LogP contribution in [-0.4, -0.2) is 45.5 Å². The van der Waals surface area contributed by atoms with E-state index in [1.807, 2.05) is 19.1 Å². The third kappa shape index (κ3) is 5.89. The second-order valence-corrected chi connectivity index (χ2v) is 7.69. The highest BCUT2D eigenvalue weighted by Crippen LogP contribution is 2.16. The molecule has 0 bridgehead atoms. The average molecular weight is 466 g/mol. The van der Waals surface area contributed by atoms with E-state index in [1.165, 1.54) is 6.42 Å². The fourth-order valence-corrected chi connectivity index (χ4v) is 4.00. The molecule has 1 aromatic carbocycles. The molecule has 1 saturated heterocycles. The minimum Gasteiger partial charge on any atom is -0.370 e. The monoisotopic (exact) mass is 466 g/mol. The number of nitrogens with two attached hydrogens (primary N) is 1. The molecule has 2 rings (SSSR count). The number of benzene rings is 1. The number of nitrogens with one attached hydrogen (secondary N) is 1. The van der Waals surface area contributed by atoms with E-state index in [0.29, 0.717) is 17.4 Å². The first-order valence-corrected chi connectivity index (χ1v) is 9.50. The summed E-state index contributed by atoms with van der Waals surface area (Å²) in [5.74, 6) is 0.510. The summed E-state index contributed by atoms with van der Waals surface area (Å²) in [6.07, 6.45) is 3.50. The fourth-order valence-electron chi connectivity index (χ4n) is 2.65. The van der Waals surface area contributed by atoms with Crippen molar-refractivity contribution in [2.24, 2.45) is 10.7 Å². The van der Waals surface area contributed by atoms with Crippen molar-refractivity contribution in [1.82, 2.24) is 9.62 Å². The van der Waals surface area contributed by atoms with Crippen LogP contribution in [-0.2, 0) is 10.0 Å². The second-order valence-electron chi connectivity index (χ2n) is 5.95. The first kappa shape index (κ1) is 21.2. The summed E-state index contributed by atoms with van der Waals surface area (Å²) in [7, 11) is -3.51. The zero-order chi connectivity index (χ0) is 16.9. The minimum atomic E-state index is -3.51. The molecule has 0 spiro atoms. The molecule has 0 unspecified atom stereocenters. The Bertz CT molecular complexity index is 671. The lowest BCUT2D eigenvalue weighted by atomic mass is 10.1. The zero-order valence-electron chi connectivity index (χ0n) is 14.3. The van der Waals surface area contributed by atoms with Gasteiger partial charge in [0.25, 0.3) is 0 Å². The number of rotatable bonds is 5. The summed E-state index contributed by atoms with van der Waals surface area (Å²) in [6, 6.07) is 5.40. The van der Waals surface area contributed by atoms with Crippen molar-refractivity contribution in [3.63, 3.8) is 0 Å². The van der Waals surface area contributed by atoms with Crippen molar-refractivity contribution in [3.8, 4) is 0 Å². The Hall–Kier alpha value is -0.870. The third-order valence-corrected chi connectivity index (χ3v) is 5.59. The van der Waals surface area contributed by atoms with Gasteiger partial charge in [0, 0.05) is 19.6 Å². The predicted molar refractivity (Wildman–Crippen MR) is 108 cm³/mol. The molecule has 0 radical (unpaired) electrons. The van der Waals surface area contributed by atoms with Crippen LogP contribution in [0.25, 0.3) is 0 Å². The van der Waals surface area contributed by atoms with Crippen LogP contribution in [0.2, 0.25) is 0 Å². The zero-order valence-corrected chi connectivity index (χ0v) is 17.4. The van der Waals surface area contributed by atoms with Crippen LogP contribution in [0.3, 0.4) is 0 Å². The molecule has 0 atom stereocenters. The minimum absolute atomic E-state index is 0. The number of sulfonamides is 1. The van der Waals surface area contributed by atoms with Gasteiger partial charge in [-0.05, 0) is 50.3 Å². The van der Waals surface area contributed by atoms with Gasteiger partial charge in [-0.25, -0.2) is 13.1 Å². The number of aliphatic imine (C=N–C) groups is 1. The van der Waals surface area contributed by atoms with Crippen LogP contribution in [0.1, 0.15) is 30.4 Å². The van der Waals surface area contributed by atoms with Crippen LogP contribution in [0, 0.1) is 13.8 Å². The highest BCUT2D eigenvalue weighted by atomic mass is 127. The molecular formula is C16H27IN4O2S. The van der Waals surface area contributed by atoms with Crippen LogP contribution >= 0.6 is 24.0 Å². The summed E-state index contributed by atoms with van der Waals surface area (Å²) >= 11 is 0. The van der Waals surface area contributed by atoms with E-state index in [2.05, 4.69) is 14.6 Å². The van der Waals surface area contributed by atoms with E-state index in [4.69, 9.17) is 5.73 Å². The predicted octanol–water partition coefficient (Wildman–Crippen LogP) is 2.00. The maximum atomic E-state index is 12.4. The number of halogens is 1. The molecule has 24 heavy (non-hydrogen) atoms. The van der Waals surface area contributed by atoms with Crippen LogP contribution in [0.15, 0.2) is 28.1 Å². The highest BCUT2D eigenvalue weighted by Gasteiger charge is 2.16. The third-order valence-electron chi connectivity index (χ3n) is 3.99. The number of likely N-dealkylation sites (tertiary alicyclic amines) is 1. The van der Waals surface area contributed by atoms with Crippen LogP contribution in [0.5, 0.6) is 0 Å². The SMILES string of the molecule is Cc1ccc(C)c(S(=O)(=O)NCCN=C(N)N2CCCCC2)c1.I. The number of aryl methyl sites for hydroxylation is 2. The summed E-state index contributed by atoms with van der Waals surface area (Å²) in [5.41, 5.74) is 7.61. The van der Waals surface area contributed by atoms with Crippen molar-refractivity contribution >= 4 is 40.0 Å². The van der Waals surface area contributed by atoms with Gasteiger partial charge in [-0.1, -0.05) is 12.1 Å². The first-order valence-electron chi connectivity index (χ1n) is 8.02. The van der Waals surface area contributed by atoms with Gasteiger partial charge in [-0.3, -0.25) is 4.99 Å². The van der Waals surface area contributed by atoms with Gasteiger partial charge in [-0.2, -0.15) is 0 Å². The molecule has 0 aliphatic carbocycles. The summed E-state index contributed by atoms with van der Waals surface area (Å²) in [4.78, 5) is 6.66. The Morgan fingerprint density at radius 3 is 2.58 bits per heavy atom. The average Bonchev–Trinajstić information content (AvgIpc) is 2.54. The number of nitrogens with zero attached hydrogens (tertiary/aromatic N) is 2. The number of piperidine rings is 1. The maximum Gasteiger partial charge on any atom is 0.240 e. The lowest BCUT2D eigenvalue weighted by Gasteiger charge is -2.27. The Balaban J connectivity index is 0.00000288. The van der Waals surface area contributed by atoms with Crippen molar-refractivity contribution in [2.75, 3.05) is 26.2 Å². The van der Waals surface area contributed by atoms with E-state index in [1.54, 1.807) is 13.0 Å². The largest absolute Gasteiger partial charge is 0.370 e. The van der Waals surface area contributed by atoms with Crippen LogP contribution < -0.4 is 10.5 Å². The molecule has 0 saturated carbocycles. The normalized spacial score (nSPS) is 15.9. The van der Waals surface area contributed by atoms with E-state index in [-0.39, 0.29) is 30.5 Å². The lowest BCUT2D eigenvalue weighted by Crippen LogP contribution is -2.41. The summed E-state index contributed by atoms with van der Waals surface area (Å²) in [6.45, 7) is 6.12.